The zero-order valence-electron chi connectivity index (χ0n) is 18.2. The average molecular weight is 438 g/mol. The summed E-state index contributed by atoms with van der Waals surface area (Å²) in [5.41, 5.74) is 9.20. The molecule has 162 valence electrons. The molecule has 5 rings (SSSR count). The maximum absolute atomic E-state index is 6.58. The molecule has 3 atom stereocenters. The van der Waals surface area contributed by atoms with E-state index in [1.54, 1.807) is 0 Å². The van der Waals surface area contributed by atoms with Gasteiger partial charge in [0.15, 0.2) is 5.66 Å². The Morgan fingerprint density at radius 3 is 2.58 bits per heavy atom. The van der Waals surface area contributed by atoms with Gasteiger partial charge in [0.05, 0.1) is 11.3 Å². The molecule has 0 amide bonds. The lowest BCUT2D eigenvalue weighted by Gasteiger charge is -2.43. The van der Waals surface area contributed by atoms with E-state index >= 15 is 0 Å². The quantitative estimate of drug-likeness (QED) is 0.688. The lowest BCUT2D eigenvalue weighted by Crippen LogP contribution is -2.45. The summed E-state index contributed by atoms with van der Waals surface area (Å²) in [5.74, 6) is 1.72. The van der Waals surface area contributed by atoms with E-state index in [0.717, 1.165) is 47.6 Å². The second-order valence-electron chi connectivity index (χ2n) is 9.45. The minimum atomic E-state index is -0.733. The molecule has 1 unspecified atom stereocenters. The summed E-state index contributed by atoms with van der Waals surface area (Å²) in [4.78, 5) is 9.88. The number of amidine groups is 1. The Labute approximate surface area is 188 Å². The van der Waals surface area contributed by atoms with Gasteiger partial charge in [-0.25, -0.2) is 4.99 Å². The van der Waals surface area contributed by atoms with Crippen molar-refractivity contribution in [3.8, 4) is 16.9 Å². The Morgan fingerprint density at radius 2 is 1.87 bits per heavy atom. The van der Waals surface area contributed by atoms with Crippen molar-refractivity contribution in [3.63, 3.8) is 0 Å². The molecule has 3 aliphatic heterocycles. The minimum absolute atomic E-state index is 0.0129. The van der Waals surface area contributed by atoms with E-state index in [1.807, 2.05) is 31.2 Å². The Bertz CT molecular complexity index is 1070. The third-order valence-electron chi connectivity index (χ3n) is 6.62. The Balaban J connectivity index is 1.58. The maximum atomic E-state index is 6.58. The van der Waals surface area contributed by atoms with Crippen LogP contribution in [0.15, 0.2) is 52.4 Å². The van der Waals surface area contributed by atoms with E-state index < -0.39 is 5.66 Å². The van der Waals surface area contributed by atoms with Crippen molar-refractivity contribution in [2.24, 2.45) is 21.6 Å². The topological polar surface area (TPSA) is 69.2 Å². The summed E-state index contributed by atoms with van der Waals surface area (Å²) in [6, 6.07) is 14.1. The highest BCUT2D eigenvalue weighted by Crippen LogP contribution is 2.49. The normalized spacial score (nSPS) is 29.2. The Morgan fingerprint density at radius 1 is 1.06 bits per heavy atom. The molecule has 2 aromatic carbocycles. The van der Waals surface area contributed by atoms with Gasteiger partial charge in [-0.1, -0.05) is 29.8 Å². The zero-order chi connectivity index (χ0) is 21.8. The van der Waals surface area contributed by atoms with Crippen molar-refractivity contribution in [1.82, 2.24) is 0 Å². The van der Waals surface area contributed by atoms with Crippen LogP contribution in [-0.2, 0) is 10.4 Å². The van der Waals surface area contributed by atoms with Gasteiger partial charge in [0.1, 0.15) is 17.7 Å². The first kappa shape index (κ1) is 20.5. The molecule has 1 saturated heterocycles. The first-order valence-corrected chi connectivity index (χ1v) is 11.3. The molecule has 1 spiro atoms. The first-order chi connectivity index (χ1) is 14.7. The van der Waals surface area contributed by atoms with Gasteiger partial charge in [0, 0.05) is 29.5 Å². The van der Waals surface area contributed by atoms with Crippen molar-refractivity contribution in [2.75, 3.05) is 6.61 Å². The summed E-state index contributed by atoms with van der Waals surface area (Å²) in [5, 5.41) is 0.709. The van der Waals surface area contributed by atoms with Crippen LogP contribution in [0.5, 0.6) is 5.75 Å². The van der Waals surface area contributed by atoms with Crippen molar-refractivity contribution in [2.45, 2.75) is 57.4 Å². The number of fused-ring (bicyclic) bond motifs is 2. The molecule has 2 aromatic rings. The molecule has 31 heavy (non-hydrogen) atoms. The molecule has 0 radical (unpaired) electrons. The molecule has 3 aliphatic rings. The van der Waals surface area contributed by atoms with Crippen LogP contribution in [0.2, 0.25) is 5.02 Å². The van der Waals surface area contributed by atoms with Crippen molar-refractivity contribution in [3.05, 3.63) is 53.1 Å². The van der Waals surface area contributed by atoms with Crippen LogP contribution >= 0.6 is 11.6 Å². The SMILES string of the molecule is CC1=N[C@@]2(CC([C@H]3CCOC(C)(C)C3)Oc3ccc(-c4cccc(Cl)c4)cc32)N=C1N. The number of rotatable bonds is 2. The molecule has 6 heteroatoms. The number of aliphatic imine (C=N–C) groups is 2. The van der Waals surface area contributed by atoms with Crippen molar-refractivity contribution >= 4 is 23.1 Å². The van der Waals surface area contributed by atoms with E-state index in [4.69, 9.17) is 36.8 Å². The van der Waals surface area contributed by atoms with Crippen LogP contribution in [-0.4, -0.2) is 29.9 Å². The van der Waals surface area contributed by atoms with Gasteiger partial charge in [-0.3, -0.25) is 4.99 Å². The molecular formula is C25H28ClN3O2. The van der Waals surface area contributed by atoms with Gasteiger partial charge in [-0.15, -0.1) is 0 Å². The van der Waals surface area contributed by atoms with Crippen LogP contribution in [0, 0.1) is 5.92 Å². The monoisotopic (exact) mass is 437 g/mol. The van der Waals surface area contributed by atoms with E-state index in [9.17, 15) is 0 Å². The number of nitrogens with two attached hydrogens (primary N) is 1. The van der Waals surface area contributed by atoms with Gasteiger partial charge in [-0.2, -0.15) is 0 Å². The number of halogens is 1. The summed E-state index contributed by atoms with van der Waals surface area (Å²) >= 11 is 6.23. The fourth-order valence-corrected chi connectivity index (χ4v) is 5.29. The molecule has 3 heterocycles. The molecule has 0 saturated carbocycles. The van der Waals surface area contributed by atoms with Crippen LogP contribution in [0.1, 0.15) is 45.6 Å². The number of nitrogens with zero attached hydrogens (tertiary/aromatic N) is 2. The molecule has 1 fully saturated rings. The summed E-state index contributed by atoms with van der Waals surface area (Å²) < 4.78 is 12.5. The molecule has 5 nitrogen and oxygen atoms in total. The van der Waals surface area contributed by atoms with Crippen molar-refractivity contribution < 1.29 is 9.47 Å². The van der Waals surface area contributed by atoms with Gasteiger partial charge >= 0.3 is 0 Å². The molecule has 0 bridgehead atoms. The smallest absolute Gasteiger partial charge is 0.185 e. The highest BCUT2D eigenvalue weighted by Gasteiger charge is 2.48. The largest absolute Gasteiger partial charge is 0.489 e. The van der Waals surface area contributed by atoms with Gasteiger partial charge in [0.25, 0.3) is 0 Å². The number of benzene rings is 2. The van der Waals surface area contributed by atoms with E-state index in [0.29, 0.717) is 23.2 Å². The number of hydrogen-bond acceptors (Lipinski definition) is 5. The third-order valence-corrected chi connectivity index (χ3v) is 6.86. The molecule has 0 aromatic heterocycles. The van der Waals surface area contributed by atoms with Gasteiger partial charge in [-0.05, 0) is 69.0 Å². The minimum Gasteiger partial charge on any atom is -0.489 e. The Hall–Kier alpha value is -2.37. The standard InChI is InChI=1S/C25H28ClN3O2/c1-15-23(27)29-25(28-15)14-22(18-9-10-30-24(2,3)13-18)31-21-8-7-17(12-20(21)25)16-5-4-6-19(26)11-16/h4-8,11-12,18,22H,9-10,13-14H2,1-3H3,(H2,27,29)/t18-,22?,25-/m0/s1. The second-order valence-corrected chi connectivity index (χ2v) is 9.89. The molecule has 0 aliphatic carbocycles. The van der Waals surface area contributed by atoms with E-state index in [1.165, 1.54) is 0 Å². The van der Waals surface area contributed by atoms with Crippen LogP contribution < -0.4 is 10.5 Å². The second kappa shape index (κ2) is 7.35. The maximum Gasteiger partial charge on any atom is 0.185 e. The van der Waals surface area contributed by atoms with E-state index in [2.05, 4.69) is 32.0 Å². The summed E-state index contributed by atoms with van der Waals surface area (Å²) in [7, 11) is 0. The van der Waals surface area contributed by atoms with Gasteiger partial charge < -0.3 is 15.2 Å². The predicted octanol–water partition coefficient (Wildman–Crippen LogP) is 5.35. The average Bonchev–Trinajstić information content (AvgIpc) is 3.00. The number of hydrogen-bond donors (Lipinski definition) is 1. The van der Waals surface area contributed by atoms with Crippen molar-refractivity contribution in [1.29, 1.82) is 0 Å². The Kier molecular flexibility index (Phi) is 4.87. The summed E-state index contributed by atoms with van der Waals surface area (Å²) in [6.07, 6.45) is 2.62. The first-order valence-electron chi connectivity index (χ1n) is 10.9. The van der Waals surface area contributed by atoms with Crippen LogP contribution in [0.4, 0.5) is 0 Å². The van der Waals surface area contributed by atoms with Crippen LogP contribution in [0.3, 0.4) is 0 Å². The lowest BCUT2D eigenvalue weighted by atomic mass is 9.78. The van der Waals surface area contributed by atoms with Crippen LogP contribution in [0.25, 0.3) is 11.1 Å². The highest BCUT2D eigenvalue weighted by molar-refractivity contribution is 6.41. The predicted molar refractivity (Wildman–Crippen MR) is 125 cm³/mol. The molecule has 2 N–H and O–H groups in total. The highest BCUT2D eigenvalue weighted by atomic mass is 35.5. The fourth-order valence-electron chi connectivity index (χ4n) is 5.10. The van der Waals surface area contributed by atoms with Gasteiger partial charge in [0.2, 0.25) is 0 Å². The molecular weight excluding hydrogens is 410 g/mol. The fraction of sp³-hybridized carbons (Fsp3) is 0.440. The lowest BCUT2D eigenvalue weighted by molar-refractivity contribution is -0.0966. The van der Waals surface area contributed by atoms with E-state index in [-0.39, 0.29) is 11.7 Å². The summed E-state index contributed by atoms with van der Waals surface area (Å²) in [6.45, 7) is 6.98. The number of ether oxygens (including phenoxy) is 2. The third kappa shape index (κ3) is 3.74. The zero-order valence-corrected chi connectivity index (χ0v) is 18.9.